The van der Waals surface area contributed by atoms with E-state index in [2.05, 4.69) is 20.6 Å². The Hall–Kier alpha value is -6.69. The van der Waals surface area contributed by atoms with Crippen LogP contribution in [0, 0.1) is 0 Å². The van der Waals surface area contributed by atoms with Crippen LogP contribution in [0.1, 0.15) is 27.2 Å². The molecule has 11 nitrogen and oxygen atoms in total. The molecular formula is C42H31ClN4O7. The maximum Gasteiger partial charge on any atom is 0.336 e. The molecule has 5 N–H and O–H groups in total. The number of aromatic nitrogens is 2. The normalized spacial score (nSPS) is 11.4. The molecule has 4 aromatic carbocycles. The number of phenols is 1. The van der Waals surface area contributed by atoms with Gasteiger partial charge in [-0.1, -0.05) is 60.1 Å². The van der Waals surface area contributed by atoms with Crippen LogP contribution in [0.3, 0.4) is 0 Å². The number of carboxylic acids is 1. The number of hydrogen-bond donors (Lipinski definition) is 5. The molecule has 0 unspecified atom stereocenters. The number of nitrogens with zero attached hydrogens (tertiary/aromatic N) is 2. The Bertz CT molecular complexity index is 2800. The van der Waals surface area contributed by atoms with E-state index in [0.29, 0.717) is 61.6 Å². The molecular weight excluding hydrogens is 708 g/mol. The molecule has 0 radical (unpaired) electrons. The van der Waals surface area contributed by atoms with Crippen LogP contribution < -0.4 is 20.8 Å². The lowest BCUT2D eigenvalue weighted by Crippen LogP contribution is -2.17. The molecule has 0 atom stereocenters. The molecule has 8 rings (SSSR count). The minimum atomic E-state index is -1.15. The number of halogens is 1. The van der Waals surface area contributed by atoms with Crippen molar-refractivity contribution >= 4 is 61.7 Å². The number of rotatable bonds is 10. The van der Waals surface area contributed by atoms with Gasteiger partial charge in [0.15, 0.2) is 0 Å². The minimum Gasteiger partial charge on any atom is -0.507 e. The number of pyridine rings is 2. The number of methoxy groups -OCH3 is 1. The van der Waals surface area contributed by atoms with Crippen molar-refractivity contribution in [3.8, 4) is 34.1 Å². The number of ether oxygens (including phenoxy) is 1. The zero-order valence-electron chi connectivity index (χ0n) is 28.7. The third kappa shape index (κ3) is 6.05. The summed E-state index contributed by atoms with van der Waals surface area (Å²) in [5, 5.41) is 40.2. The summed E-state index contributed by atoms with van der Waals surface area (Å²) < 4.78 is 12.0. The lowest BCUT2D eigenvalue weighted by molar-refractivity contribution is 0.0697. The standard InChI is InChI=1S/C42H31ClN4O7/c1-53-35-17-13-23-7-5-11-33(38(23)47-35)44-19-29-34(49)16-15-27-36(25-8-2-3-9-26(25)42(51)52)28-18-31(43)39(50)30(41(28)54-40(27)29)20-45-32-10-4-6-22-12-14-24(21-48)46-37(22)32/h2-18,44-45,48-49H,19-21H2,1H3,(H,51,52). The lowest BCUT2D eigenvalue weighted by atomic mass is 9.88. The van der Waals surface area contributed by atoms with Gasteiger partial charge in [-0.15, -0.1) is 0 Å². The highest BCUT2D eigenvalue weighted by Gasteiger charge is 2.28. The average molecular weight is 739 g/mol. The summed E-state index contributed by atoms with van der Waals surface area (Å²) >= 11 is 6.66. The molecule has 6 aromatic rings. The second-order valence-corrected chi connectivity index (χ2v) is 13.0. The van der Waals surface area contributed by atoms with Gasteiger partial charge in [0.2, 0.25) is 11.3 Å². The van der Waals surface area contributed by atoms with Crippen LogP contribution >= 0.6 is 11.6 Å². The van der Waals surface area contributed by atoms with Crippen molar-refractivity contribution in [2.24, 2.45) is 0 Å². The fourth-order valence-electron chi connectivity index (χ4n) is 6.83. The second-order valence-electron chi connectivity index (χ2n) is 12.6. The third-order valence-electron chi connectivity index (χ3n) is 9.44. The van der Waals surface area contributed by atoms with Crippen molar-refractivity contribution in [1.29, 1.82) is 0 Å². The summed E-state index contributed by atoms with van der Waals surface area (Å²) in [5.74, 6) is -0.633. The van der Waals surface area contributed by atoms with Gasteiger partial charge < -0.3 is 35.1 Å². The predicted octanol–water partition coefficient (Wildman–Crippen LogP) is 8.44. The number of aliphatic hydroxyl groups excluding tert-OH is 1. The van der Waals surface area contributed by atoms with E-state index in [-0.39, 0.29) is 52.9 Å². The van der Waals surface area contributed by atoms with Crippen LogP contribution in [0.2, 0.25) is 5.02 Å². The van der Waals surface area contributed by atoms with Gasteiger partial charge in [0.1, 0.15) is 17.1 Å². The molecule has 268 valence electrons. The number of para-hydroxylation sites is 2. The number of hydrogen-bond acceptors (Lipinski definition) is 10. The molecule has 0 spiro atoms. The number of anilines is 2. The maximum atomic E-state index is 13.9. The molecule has 0 saturated carbocycles. The molecule has 0 saturated heterocycles. The topological polar surface area (TPSA) is 167 Å². The van der Waals surface area contributed by atoms with Crippen molar-refractivity contribution in [3.05, 3.63) is 141 Å². The van der Waals surface area contributed by atoms with Crippen LogP contribution in [0.15, 0.2) is 112 Å². The number of carboxylic acid groups (broad SMARTS) is 1. The highest BCUT2D eigenvalue weighted by atomic mass is 35.5. The van der Waals surface area contributed by atoms with E-state index in [1.54, 1.807) is 43.5 Å². The largest absolute Gasteiger partial charge is 0.507 e. The molecule has 12 heteroatoms. The summed E-state index contributed by atoms with van der Waals surface area (Å²) in [7, 11) is 1.54. The quantitative estimate of drug-likeness (QED) is 0.0854. The van der Waals surface area contributed by atoms with Gasteiger partial charge in [-0.2, -0.15) is 0 Å². The van der Waals surface area contributed by atoms with E-state index in [1.165, 1.54) is 18.2 Å². The molecule has 1 aliphatic heterocycles. The molecule has 0 amide bonds. The fourth-order valence-corrected chi connectivity index (χ4v) is 7.05. The van der Waals surface area contributed by atoms with Gasteiger partial charge in [-0.25, -0.2) is 14.8 Å². The van der Waals surface area contributed by atoms with E-state index in [1.807, 2.05) is 48.5 Å². The van der Waals surface area contributed by atoms with Crippen LogP contribution in [0.5, 0.6) is 11.6 Å². The monoisotopic (exact) mass is 738 g/mol. The molecule has 1 aliphatic carbocycles. The maximum absolute atomic E-state index is 13.9. The Labute approximate surface area is 312 Å². The Morgan fingerprint density at radius 3 is 2.20 bits per heavy atom. The van der Waals surface area contributed by atoms with Gasteiger partial charge in [0.05, 0.1) is 63.5 Å². The van der Waals surface area contributed by atoms with E-state index in [0.717, 1.165) is 10.8 Å². The summed E-state index contributed by atoms with van der Waals surface area (Å²) in [5.41, 5.74) is 4.57. The summed E-state index contributed by atoms with van der Waals surface area (Å²) in [6.45, 7) is -0.225. The SMILES string of the molecule is COc1ccc2cccc(NCc3c(O)ccc4c(-c5ccccc5C(=O)O)c5cc(Cl)c(=O)c(CNc6cccc7ccc(CO)nc67)c-5oc34)c2n1. The summed E-state index contributed by atoms with van der Waals surface area (Å²) in [4.78, 5) is 35.7. The predicted molar refractivity (Wildman–Crippen MR) is 209 cm³/mol. The third-order valence-corrected chi connectivity index (χ3v) is 9.72. The van der Waals surface area contributed by atoms with Gasteiger partial charge in [0, 0.05) is 46.4 Å². The minimum absolute atomic E-state index is 0.0262. The Balaban J connectivity index is 1.34. The van der Waals surface area contributed by atoms with Crippen molar-refractivity contribution in [2.45, 2.75) is 19.7 Å². The lowest BCUT2D eigenvalue weighted by Gasteiger charge is -2.21. The van der Waals surface area contributed by atoms with E-state index in [4.69, 9.17) is 20.8 Å². The average Bonchev–Trinajstić information content (AvgIpc) is 3.19. The summed E-state index contributed by atoms with van der Waals surface area (Å²) in [6.07, 6.45) is 0. The zero-order valence-corrected chi connectivity index (χ0v) is 29.4. The van der Waals surface area contributed by atoms with Gasteiger partial charge >= 0.3 is 5.97 Å². The number of aliphatic hydroxyl groups is 1. The van der Waals surface area contributed by atoms with Crippen LogP contribution in [0.4, 0.5) is 11.4 Å². The Kier molecular flexibility index (Phi) is 8.94. The first-order chi connectivity index (χ1) is 26.2. The number of benzene rings is 5. The molecule has 0 fully saturated rings. The van der Waals surface area contributed by atoms with E-state index >= 15 is 0 Å². The van der Waals surface area contributed by atoms with Gasteiger partial charge in [-0.3, -0.25) is 4.79 Å². The number of nitrogens with one attached hydrogen (secondary N) is 2. The van der Waals surface area contributed by atoms with E-state index < -0.39 is 11.4 Å². The molecule has 2 aromatic heterocycles. The van der Waals surface area contributed by atoms with Crippen LogP contribution in [0.25, 0.3) is 55.2 Å². The number of phenolic OH excluding ortho intramolecular Hbond substituents is 1. The zero-order chi connectivity index (χ0) is 37.5. The first-order valence-corrected chi connectivity index (χ1v) is 17.3. The highest BCUT2D eigenvalue weighted by Crippen LogP contribution is 2.46. The van der Waals surface area contributed by atoms with E-state index in [9.17, 15) is 24.9 Å². The Morgan fingerprint density at radius 1 is 0.815 bits per heavy atom. The second kappa shape index (κ2) is 14.0. The molecule has 3 heterocycles. The van der Waals surface area contributed by atoms with Crippen molar-refractivity contribution in [2.75, 3.05) is 17.7 Å². The number of aromatic carboxylic acids is 1. The molecule has 2 aliphatic rings. The van der Waals surface area contributed by atoms with Gasteiger partial charge in [0.25, 0.3) is 0 Å². The first kappa shape index (κ1) is 34.4. The summed E-state index contributed by atoms with van der Waals surface area (Å²) in [6, 6.07) is 29.7. The number of carbonyl (C=O) groups is 1. The van der Waals surface area contributed by atoms with Crippen LogP contribution in [-0.4, -0.2) is 38.4 Å². The van der Waals surface area contributed by atoms with Gasteiger partial charge in [-0.05, 0) is 54.1 Å². The fraction of sp³-hybridized carbons (Fsp3) is 0.0952. The van der Waals surface area contributed by atoms with Crippen molar-refractivity contribution < 1.29 is 29.3 Å². The van der Waals surface area contributed by atoms with Crippen molar-refractivity contribution in [1.82, 2.24) is 9.97 Å². The molecule has 0 bridgehead atoms. The number of aromatic hydroxyl groups is 1. The number of fused-ring (bicyclic) bond motifs is 4. The molecule has 54 heavy (non-hydrogen) atoms. The van der Waals surface area contributed by atoms with Crippen LogP contribution in [-0.2, 0) is 19.7 Å². The first-order valence-electron chi connectivity index (χ1n) is 16.9. The Morgan fingerprint density at radius 2 is 1.50 bits per heavy atom. The smallest absolute Gasteiger partial charge is 0.336 e. The highest BCUT2D eigenvalue weighted by molar-refractivity contribution is 6.31. The van der Waals surface area contributed by atoms with Crippen molar-refractivity contribution in [3.63, 3.8) is 0 Å².